The Labute approximate surface area is 149 Å². The number of nitrogens with zero attached hydrogens (tertiary/aromatic N) is 3. The molecule has 2 aromatic heterocycles. The zero-order valence-corrected chi connectivity index (χ0v) is 14.4. The molecule has 1 amide bonds. The lowest BCUT2D eigenvalue weighted by Crippen LogP contribution is -2.38. The third-order valence-corrected chi connectivity index (χ3v) is 4.84. The maximum atomic E-state index is 13.4. The molecule has 0 radical (unpaired) electrons. The van der Waals surface area contributed by atoms with E-state index in [0.29, 0.717) is 30.0 Å². The molecule has 0 aliphatic carbocycles. The third-order valence-electron chi connectivity index (χ3n) is 4.84. The number of likely N-dealkylation sites (tertiary alicyclic amines) is 1. The van der Waals surface area contributed by atoms with Gasteiger partial charge in [-0.15, -0.1) is 0 Å². The summed E-state index contributed by atoms with van der Waals surface area (Å²) in [5.74, 6) is -0.0154. The monoisotopic (exact) mass is 357 g/mol. The predicted octanol–water partition coefficient (Wildman–Crippen LogP) is 2.02. The Bertz CT molecular complexity index is 950. The fourth-order valence-electron chi connectivity index (χ4n) is 3.53. The Morgan fingerprint density at radius 2 is 2.27 bits per heavy atom. The number of fused-ring (bicyclic) bond motifs is 1. The number of aromatic amines is 1. The van der Waals surface area contributed by atoms with Gasteiger partial charge in [0.1, 0.15) is 17.3 Å². The first kappa shape index (κ1) is 16.6. The molecule has 0 bridgehead atoms. The molecule has 0 saturated carbocycles. The quantitative estimate of drug-likeness (QED) is 0.748. The molecule has 1 saturated heterocycles. The number of anilines is 1. The summed E-state index contributed by atoms with van der Waals surface area (Å²) in [6.07, 6.45) is 2.49. The SMILES string of the molecule is CO[C@@H]1C[C@@H](Cn2ccc(N)n2)N(C(=O)c2cc3cc(F)ccc3[nH]2)C1. The predicted molar refractivity (Wildman–Crippen MR) is 95.1 cm³/mol. The van der Waals surface area contributed by atoms with Gasteiger partial charge in [0, 0.05) is 30.8 Å². The maximum Gasteiger partial charge on any atom is 0.270 e. The van der Waals surface area contributed by atoms with Crippen LogP contribution in [0.5, 0.6) is 0 Å². The number of H-pyrrole nitrogens is 1. The van der Waals surface area contributed by atoms with E-state index in [9.17, 15) is 9.18 Å². The van der Waals surface area contributed by atoms with E-state index in [-0.39, 0.29) is 23.9 Å². The van der Waals surface area contributed by atoms with E-state index < -0.39 is 0 Å². The number of amides is 1. The zero-order valence-electron chi connectivity index (χ0n) is 14.4. The summed E-state index contributed by atoms with van der Waals surface area (Å²) in [6.45, 7) is 1.04. The Morgan fingerprint density at radius 3 is 3.00 bits per heavy atom. The van der Waals surface area contributed by atoms with Crippen molar-refractivity contribution in [3.05, 3.63) is 48.0 Å². The van der Waals surface area contributed by atoms with E-state index >= 15 is 0 Å². The van der Waals surface area contributed by atoms with Crippen LogP contribution < -0.4 is 5.73 Å². The van der Waals surface area contributed by atoms with Gasteiger partial charge in [-0.05, 0) is 36.8 Å². The molecule has 1 aliphatic heterocycles. The molecule has 1 aromatic carbocycles. The Balaban J connectivity index is 1.60. The normalized spacial score (nSPS) is 20.2. The zero-order chi connectivity index (χ0) is 18.3. The Hall–Kier alpha value is -2.87. The van der Waals surface area contributed by atoms with Crippen LogP contribution in [-0.2, 0) is 11.3 Å². The number of carbonyl (C=O) groups is 1. The lowest BCUT2D eigenvalue weighted by atomic mass is 10.2. The van der Waals surface area contributed by atoms with Crippen LogP contribution in [0.3, 0.4) is 0 Å². The summed E-state index contributed by atoms with van der Waals surface area (Å²) in [5.41, 5.74) is 6.84. The number of hydrogen-bond acceptors (Lipinski definition) is 4. The fourth-order valence-corrected chi connectivity index (χ4v) is 3.53. The van der Waals surface area contributed by atoms with Crippen molar-refractivity contribution in [3.8, 4) is 0 Å². The first-order valence-corrected chi connectivity index (χ1v) is 8.44. The van der Waals surface area contributed by atoms with Crippen molar-refractivity contribution in [2.24, 2.45) is 0 Å². The molecule has 1 fully saturated rings. The van der Waals surface area contributed by atoms with E-state index in [2.05, 4.69) is 10.1 Å². The molecule has 26 heavy (non-hydrogen) atoms. The highest BCUT2D eigenvalue weighted by Crippen LogP contribution is 2.25. The van der Waals surface area contributed by atoms with Crippen molar-refractivity contribution in [3.63, 3.8) is 0 Å². The van der Waals surface area contributed by atoms with Crippen LogP contribution >= 0.6 is 0 Å². The first-order valence-electron chi connectivity index (χ1n) is 8.44. The van der Waals surface area contributed by atoms with Gasteiger partial charge < -0.3 is 20.4 Å². The highest BCUT2D eigenvalue weighted by atomic mass is 19.1. The van der Waals surface area contributed by atoms with Gasteiger partial charge >= 0.3 is 0 Å². The van der Waals surface area contributed by atoms with Gasteiger partial charge in [0.25, 0.3) is 5.91 Å². The average Bonchev–Trinajstić information content (AvgIpc) is 3.32. The van der Waals surface area contributed by atoms with Gasteiger partial charge in [-0.2, -0.15) is 5.10 Å². The molecule has 4 rings (SSSR count). The first-order chi connectivity index (χ1) is 12.5. The van der Waals surface area contributed by atoms with Crippen LogP contribution in [0.25, 0.3) is 10.9 Å². The Kier molecular flexibility index (Phi) is 4.12. The summed E-state index contributed by atoms with van der Waals surface area (Å²) >= 11 is 0. The number of nitrogens with two attached hydrogens (primary N) is 1. The van der Waals surface area contributed by atoms with Crippen LogP contribution in [0.4, 0.5) is 10.2 Å². The van der Waals surface area contributed by atoms with Gasteiger partial charge in [0.05, 0.1) is 18.7 Å². The molecule has 3 aromatic rings. The number of halogens is 1. The molecule has 3 heterocycles. The number of nitrogen functional groups attached to an aromatic ring is 1. The number of benzene rings is 1. The Morgan fingerprint density at radius 1 is 1.42 bits per heavy atom. The van der Waals surface area contributed by atoms with E-state index in [1.165, 1.54) is 12.1 Å². The van der Waals surface area contributed by atoms with Crippen molar-refractivity contribution in [2.75, 3.05) is 19.4 Å². The van der Waals surface area contributed by atoms with Crippen LogP contribution in [0.15, 0.2) is 36.5 Å². The maximum absolute atomic E-state index is 13.4. The third kappa shape index (κ3) is 3.03. The molecule has 8 heteroatoms. The number of aromatic nitrogens is 3. The molecule has 3 N–H and O–H groups in total. The number of methoxy groups -OCH3 is 1. The van der Waals surface area contributed by atoms with E-state index in [0.717, 1.165) is 11.9 Å². The minimum Gasteiger partial charge on any atom is -0.382 e. The van der Waals surface area contributed by atoms with Gasteiger partial charge in [-0.25, -0.2) is 4.39 Å². The summed E-state index contributed by atoms with van der Waals surface area (Å²) in [5, 5.41) is 4.88. The van der Waals surface area contributed by atoms with Crippen molar-refractivity contribution in [1.82, 2.24) is 19.7 Å². The standard InChI is InChI=1S/C18H20FN5O2/c1-26-14-8-13(9-23-5-4-17(20)22-23)24(10-14)18(25)16-7-11-6-12(19)2-3-15(11)21-16/h2-7,13-14,21H,8-10H2,1H3,(H2,20,22)/t13-,14+/m0/s1. The van der Waals surface area contributed by atoms with Gasteiger partial charge in [-0.3, -0.25) is 9.48 Å². The van der Waals surface area contributed by atoms with Crippen molar-refractivity contribution < 1.29 is 13.9 Å². The number of nitrogens with one attached hydrogen (secondary N) is 1. The molecular formula is C18H20FN5O2. The summed E-state index contributed by atoms with van der Waals surface area (Å²) in [6, 6.07) is 7.76. The van der Waals surface area contributed by atoms with Crippen molar-refractivity contribution in [2.45, 2.75) is 25.1 Å². The van der Waals surface area contributed by atoms with Gasteiger partial charge in [0.2, 0.25) is 0 Å². The average molecular weight is 357 g/mol. The van der Waals surface area contributed by atoms with Crippen molar-refractivity contribution in [1.29, 1.82) is 0 Å². The highest BCUT2D eigenvalue weighted by molar-refractivity contribution is 5.98. The van der Waals surface area contributed by atoms with Gasteiger partial charge in [-0.1, -0.05) is 0 Å². The lowest BCUT2D eigenvalue weighted by molar-refractivity contribution is 0.0674. The number of ether oxygens (including phenoxy) is 1. The molecule has 0 unspecified atom stereocenters. The van der Waals surface area contributed by atoms with Crippen LogP contribution in [0, 0.1) is 5.82 Å². The second kappa shape index (κ2) is 6.45. The number of rotatable bonds is 4. The number of carbonyl (C=O) groups excluding carboxylic acids is 1. The molecule has 136 valence electrons. The topological polar surface area (TPSA) is 89.2 Å². The largest absolute Gasteiger partial charge is 0.382 e. The minimum atomic E-state index is -0.328. The van der Waals surface area contributed by atoms with Crippen LogP contribution in [-0.4, -0.2) is 51.4 Å². The second-order valence-corrected chi connectivity index (χ2v) is 6.58. The highest BCUT2D eigenvalue weighted by Gasteiger charge is 2.36. The van der Waals surface area contributed by atoms with E-state index in [4.69, 9.17) is 10.5 Å². The molecular weight excluding hydrogens is 337 g/mol. The fraction of sp³-hybridized carbons (Fsp3) is 0.333. The van der Waals surface area contributed by atoms with E-state index in [1.807, 2.05) is 0 Å². The second-order valence-electron chi connectivity index (χ2n) is 6.58. The van der Waals surface area contributed by atoms with E-state index in [1.54, 1.807) is 41.1 Å². The van der Waals surface area contributed by atoms with Crippen molar-refractivity contribution >= 4 is 22.6 Å². The van der Waals surface area contributed by atoms with Crippen LogP contribution in [0.2, 0.25) is 0 Å². The smallest absolute Gasteiger partial charge is 0.270 e. The minimum absolute atomic E-state index is 0.0290. The summed E-state index contributed by atoms with van der Waals surface area (Å²) in [4.78, 5) is 17.9. The molecule has 7 nitrogen and oxygen atoms in total. The molecule has 1 aliphatic rings. The molecule has 0 spiro atoms. The number of hydrogen-bond donors (Lipinski definition) is 2. The summed E-state index contributed by atoms with van der Waals surface area (Å²) in [7, 11) is 1.65. The van der Waals surface area contributed by atoms with Crippen LogP contribution in [0.1, 0.15) is 16.9 Å². The lowest BCUT2D eigenvalue weighted by Gasteiger charge is -2.23. The molecule has 2 atom stereocenters. The summed E-state index contributed by atoms with van der Waals surface area (Å²) < 4.78 is 20.6. The van der Waals surface area contributed by atoms with Gasteiger partial charge in [0.15, 0.2) is 0 Å².